The largest absolute Gasteiger partial charge is 0.401 e. The number of hydrogen-bond donors (Lipinski definition) is 2. The van der Waals surface area contributed by atoms with E-state index in [0.717, 1.165) is 32.4 Å². The lowest BCUT2D eigenvalue weighted by Crippen LogP contribution is -2.40. The summed E-state index contributed by atoms with van der Waals surface area (Å²) in [7, 11) is 0. The van der Waals surface area contributed by atoms with Gasteiger partial charge in [0.2, 0.25) is 5.91 Å². The van der Waals surface area contributed by atoms with Crippen molar-refractivity contribution in [1.29, 1.82) is 0 Å². The monoisotopic (exact) mass is 363 g/mol. The number of likely N-dealkylation sites (tertiary alicyclic amines) is 1. The van der Waals surface area contributed by atoms with Crippen molar-refractivity contribution in [3.63, 3.8) is 0 Å². The van der Waals surface area contributed by atoms with Crippen molar-refractivity contribution < 1.29 is 18.0 Å². The van der Waals surface area contributed by atoms with E-state index in [0.29, 0.717) is 43.8 Å². The van der Waals surface area contributed by atoms with E-state index in [9.17, 15) is 18.0 Å². The van der Waals surface area contributed by atoms with Gasteiger partial charge in [0.25, 0.3) is 0 Å². The van der Waals surface area contributed by atoms with Crippen LogP contribution in [0, 0.1) is 17.8 Å². The summed E-state index contributed by atoms with van der Waals surface area (Å²) in [5.41, 5.74) is 0. The maximum absolute atomic E-state index is 12.4. The Kier molecular flexibility index (Phi) is 8.00. The second kappa shape index (κ2) is 9.76. The van der Waals surface area contributed by atoms with Crippen LogP contribution >= 0.6 is 0 Å². The fraction of sp³-hybridized carbons (Fsp3) is 0.944. The summed E-state index contributed by atoms with van der Waals surface area (Å²) in [6.07, 6.45) is 1.28. The van der Waals surface area contributed by atoms with Crippen LogP contribution in [0.4, 0.5) is 13.2 Å². The van der Waals surface area contributed by atoms with Crippen molar-refractivity contribution in [2.45, 2.75) is 51.6 Å². The average Bonchev–Trinajstić information content (AvgIpc) is 2.56. The molecule has 0 saturated carbocycles. The Hall–Kier alpha value is -0.820. The summed E-state index contributed by atoms with van der Waals surface area (Å²) in [5, 5.41) is 6.38. The van der Waals surface area contributed by atoms with E-state index in [2.05, 4.69) is 17.6 Å². The number of nitrogens with one attached hydrogen (secondary N) is 2. The first-order valence-corrected chi connectivity index (χ1v) is 9.60. The van der Waals surface area contributed by atoms with E-state index in [1.807, 2.05) is 0 Å². The van der Waals surface area contributed by atoms with Crippen LogP contribution in [0.25, 0.3) is 0 Å². The molecule has 0 spiro atoms. The minimum absolute atomic E-state index is 0.104. The van der Waals surface area contributed by atoms with E-state index in [1.54, 1.807) is 0 Å². The Morgan fingerprint density at radius 3 is 2.60 bits per heavy atom. The Bertz CT molecular complexity index is 403. The van der Waals surface area contributed by atoms with E-state index in [4.69, 9.17) is 0 Å². The molecule has 0 radical (unpaired) electrons. The van der Waals surface area contributed by atoms with Crippen molar-refractivity contribution in [1.82, 2.24) is 15.5 Å². The lowest BCUT2D eigenvalue weighted by Gasteiger charge is -2.32. The highest BCUT2D eigenvalue weighted by Gasteiger charge is 2.32. The second-order valence-electron chi connectivity index (χ2n) is 7.76. The number of alkyl halides is 3. The molecule has 2 unspecified atom stereocenters. The second-order valence-corrected chi connectivity index (χ2v) is 7.76. The van der Waals surface area contributed by atoms with E-state index < -0.39 is 12.7 Å². The molecular weight excluding hydrogens is 331 g/mol. The number of rotatable bonds is 7. The quantitative estimate of drug-likeness (QED) is 0.731. The van der Waals surface area contributed by atoms with Crippen molar-refractivity contribution in [2.24, 2.45) is 17.8 Å². The zero-order valence-corrected chi connectivity index (χ0v) is 15.2. The van der Waals surface area contributed by atoms with Gasteiger partial charge in [0.1, 0.15) is 0 Å². The zero-order chi connectivity index (χ0) is 18.3. The van der Waals surface area contributed by atoms with Crippen LogP contribution in [0.1, 0.15) is 45.4 Å². The Morgan fingerprint density at radius 2 is 2.00 bits per heavy atom. The lowest BCUT2D eigenvalue weighted by atomic mass is 9.85. The van der Waals surface area contributed by atoms with Crippen molar-refractivity contribution >= 4 is 5.91 Å². The van der Waals surface area contributed by atoms with Gasteiger partial charge in [-0.15, -0.1) is 0 Å². The van der Waals surface area contributed by atoms with Crippen molar-refractivity contribution in [2.75, 3.05) is 39.3 Å². The van der Waals surface area contributed by atoms with Crippen LogP contribution in [0.15, 0.2) is 0 Å². The molecule has 2 aliphatic heterocycles. The summed E-state index contributed by atoms with van der Waals surface area (Å²) in [4.78, 5) is 13.6. The van der Waals surface area contributed by atoms with Crippen LogP contribution in [-0.2, 0) is 4.79 Å². The molecule has 1 amide bonds. The predicted molar refractivity (Wildman–Crippen MR) is 92.2 cm³/mol. The maximum atomic E-state index is 12.4. The molecule has 0 aromatic rings. The Labute approximate surface area is 148 Å². The average molecular weight is 363 g/mol. The molecule has 2 atom stereocenters. The first-order valence-electron chi connectivity index (χ1n) is 9.60. The van der Waals surface area contributed by atoms with Gasteiger partial charge in [0, 0.05) is 13.0 Å². The van der Waals surface area contributed by atoms with Gasteiger partial charge < -0.3 is 10.6 Å². The van der Waals surface area contributed by atoms with Gasteiger partial charge in [-0.3, -0.25) is 9.69 Å². The number of halogens is 3. The minimum atomic E-state index is -4.11. The molecule has 0 aromatic heterocycles. The molecule has 2 rings (SSSR count). The molecule has 2 fully saturated rings. The number of hydrogen-bond acceptors (Lipinski definition) is 3. The molecule has 146 valence electrons. The first-order chi connectivity index (χ1) is 11.8. The smallest absolute Gasteiger partial charge is 0.356 e. The van der Waals surface area contributed by atoms with Gasteiger partial charge in [-0.1, -0.05) is 6.92 Å². The Balaban J connectivity index is 1.56. The van der Waals surface area contributed by atoms with Gasteiger partial charge in [0.05, 0.1) is 6.54 Å². The van der Waals surface area contributed by atoms with Gasteiger partial charge in [-0.05, 0) is 76.0 Å². The Morgan fingerprint density at radius 1 is 1.28 bits per heavy atom. The van der Waals surface area contributed by atoms with Gasteiger partial charge >= 0.3 is 6.18 Å². The number of nitrogens with zero attached hydrogens (tertiary/aromatic N) is 1. The normalized spacial score (nSPS) is 24.9. The highest BCUT2D eigenvalue weighted by atomic mass is 19.4. The highest BCUT2D eigenvalue weighted by Crippen LogP contribution is 2.24. The fourth-order valence-electron chi connectivity index (χ4n) is 4.00. The third-order valence-corrected chi connectivity index (χ3v) is 5.63. The highest BCUT2D eigenvalue weighted by molar-refractivity contribution is 5.76. The molecule has 0 aliphatic carbocycles. The molecule has 2 aliphatic rings. The third kappa shape index (κ3) is 7.94. The molecule has 2 saturated heterocycles. The lowest BCUT2D eigenvalue weighted by molar-refractivity contribution is -0.148. The molecular formula is C18H32F3N3O. The molecule has 0 bridgehead atoms. The molecule has 25 heavy (non-hydrogen) atoms. The topological polar surface area (TPSA) is 44.4 Å². The third-order valence-electron chi connectivity index (χ3n) is 5.63. The van der Waals surface area contributed by atoms with Gasteiger partial charge in [0.15, 0.2) is 0 Å². The van der Waals surface area contributed by atoms with Gasteiger partial charge in [-0.25, -0.2) is 0 Å². The summed E-state index contributed by atoms with van der Waals surface area (Å²) in [5.74, 6) is 1.49. The number of carbonyl (C=O) groups is 1. The fourth-order valence-corrected chi connectivity index (χ4v) is 4.00. The van der Waals surface area contributed by atoms with E-state index in [-0.39, 0.29) is 5.91 Å². The summed E-state index contributed by atoms with van der Waals surface area (Å²) in [6, 6.07) is 0. The molecule has 2 N–H and O–H groups in total. The summed E-state index contributed by atoms with van der Waals surface area (Å²) >= 11 is 0. The summed E-state index contributed by atoms with van der Waals surface area (Å²) in [6.45, 7) is 5.08. The van der Waals surface area contributed by atoms with Crippen LogP contribution in [0.5, 0.6) is 0 Å². The van der Waals surface area contributed by atoms with Crippen molar-refractivity contribution in [3.8, 4) is 0 Å². The zero-order valence-electron chi connectivity index (χ0n) is 15.2. The standard InChI is InChI=1S/C18H32F3N3O/c1-14(16-3-2-7-22-12-16)11-17(25)23-8-4-15-5-9-24(10-6-15)13-18(19,20)21/h14-16,22H,2-13H2,1H3,(H,23,25). The number of piperidine rings is 2. The molecule has 2 heterocycles. The SMILES string of the molecule is CC(CC(=O)NCCC1CCN(CC(F)(F)F)CC1)C1CCCNC1. The van der Waals surface area contributed by atoms with E-state index in [1.165, 1.54) is 17.7 Å². The van der Waals surface area contributed by atoms with Crippen LogP contribution in [0.2, 0.25) is 0 Å². The first kappa shape index (κ1) is 20.5. The number of amides is 1. The van der Waals surface area contributed by atoms with Crippen LogP contribution < -0.4 is 10.6 Å². The minimum Gasteiger partial charge on any atom is -0.356 e. The number of carbonyl (C=O) groups excluding carboxylic acids is 1. The molecule has 4 nitrogen and oxygen atoms in total. The van der Waals surface area contributed by atoms with Crippen LogP contribution in [-0.4, -0.2) is 56.3 Å². The molecule has 7 heteroatoms. The van der Waals surface area contributed by atoms with Gasteiger partial charge in [-0.2, -0.15) is 13.2 Å². The summed E-state index contributed by atoms with van der Waals surface area (Å²) < 4.78 is 37.1. The maximum Gasteiger partial charge on any atom is 0.401 e. The predicted octanol–water partition coefficient (Wildman–Crippen LogP) is 2.79. The van der Waals surface area contributed by atoms with E-state index >= 15 is 0 Å². The molecule has 0 aromatic carbocycles. The van der Waals surface area contributed by atoms with Crippen molar-refractivity contribution in [3.05, 3.63) is 0 Å². The van der Waals surface area contributed by atoms with Crippen LogP contribution in [0.3, 0.4) is 0 Å².